The van der Waals surface area contributed by atoms with Crippen LogP contribution >= 0.6 is 24.1 Å². The maximum absolute atomic E-state index is 12.7. The minimum atomic E-state index is -5.45. The van der Waals surface area contributed by atoms with Crippen molar-refractivity contribution in [3.63, 3.8) is 0 Å². The Balaban J connectivity index is 0.000000309. The fourth-order valence-electron chi connectivity index (χ4n) is 7.83. The van der Waals surface area contributed by atoms with Gasteiger partial charge in [-0.2, -0.15) is 52.3 Å². The number of nitrogens with zero attached hydrogens (tertiary/aromatic N) is 10. The molecule has 8 rings (SSSR count). The normalized spacial score (nSPS) is 12.7. The van der Waals surface area contributed by atoms with Gasteiger partial charge in [0.05, 0.1) is 55.6 Å². The van der Waals surface area contributed by atoms with E-state index in [1.165, 1.54) is 18.2 Å². The van der Waals surface area contributed by atoms with Crippen molar-refractivity contribution in [2.45, 2.75) is 41.2 Å². The zero-order valence-electron chi connectivity index (χ0n) is 44.4. The second kappa shape index (κ2) is 27.1. The summed E-state index contributed by atoms with van der Waals surface area (Å²) in [5.74, 6) is -3.66. The Hall–Kier alpha value is -9.25. The van der Waals surface area contributed by atoms with Gasteiger partial charge >= 0.3 is 5.97 Å². The van der Waals surface area contributed by atoms with E-state index >= 15 is 0 Å². The molecule has 13 N–H and O–H groups in total. The number of aromatic nitrogens is 2. The van der Waals surface area contributed by atoms with Crippen molar-refractivity contribution in [3.05, 3.63) is 123 Å². The number of phenolic OH excluding ortho intramolecular Hbond substituents is 2. The van der Waals surface area contributed by atoms with Crippen LogP contribution in [0.25, 0.3) is 27.2 Å². The van der Waals surface area contributed by atoms with E-state index in [-0.39, 0.29) is 28.3 Å². The molecule has 40 nitrogen and oxygen atoms in total. The summed E-state index contributed by atoms with van der Waals surface area (Å²) in [4.78, 5) is 30.3. The summed E-state index contributed by atoms with van der Waals surface area (Å²) in [5.41, 5.74) is -0.782. The van der Waals surface area contributed by atoms with Crippen LogP contribution in [0.2, 0.25) is 0 Å². The van der Waals surface area contributed by atoms with Crippen molar-refractivity contribution in [3.8, 4) is 17.2 Å². The zero-order chi connectivity index (χ0) is 67.5. The van der Waals surface area contributed by atoms with Crippen LogP contribution in [0, 0.1) is 17.0 Å². The van der Waals surface area contributed by atoms with Crippen molar-refractivity contribution in [1.82, 2.24) is 9.78 Å². The number of aromatic amines is 1. The molecule has 0 radical (unpaired) electrons. The molecule has 0 amide bonds. The minimum absolute atomic E-state index is 0.0142. The number of aromatic hydroxyl groups is 2. The number of nitrogens with one attached hydrogen (secondary N) is 1. The summed E-state index contributed by atoms with van der Waals surface area (Å²) in [6.07, 6.45) is 0. The molecule has 7 aromatic carbocycles. The van der Waals surface area contributed by atoms with Gasteiger partial charge < -0.3 is 21.1 Å². The topological polar surface area (TPSA) is 633 Å². The fraction of sp³-hybridized carbons (Fsp3) is 0.0455. The minimum Gasteiger partial charge on any atom is -0.505 e. The van der Waals surface area contributed by atoms with Gasteiger partial charge in [-0.1, -0.05) is 16.1 Å². The average Bonchev–Trinajstić information content (AvgIpc) is 1.53. The van der Waals surface area contributed by atoms with Gasteiger partial charge in [0, 0.05) is 34.2 Å². The van der Waals surface area contributed by atoms with Crippen molar-refractivity contribution in [2.75, 3.05) is 12.8 Å². The molecule has 0 aliphatic rings. The van der Waals surface area contributed by atoms with E-state index in [0.29, 0.717) is 29.7 Å². The van der Waals surface area contributed by atoms with E-state index in [0.717, 1.165) is 72.4 Å². The maximum Gasteiger partial charge on any atom is 0.356 e. The van der Waals surface area contributed by atoms with E-state index in [9.17, 15) is 95.3 Å². The number of H-pyrrole nitrogens is 1. The molecular formula is C44H34N12O28S7. The Morgan fingerprint density at radius 2 is 1.18 bits per heavy atom. The highest BCUT2D eigenvalue weighted by Gasteiger charge is 2.30. The molecule has 0 spiro atoms. The number of nitro groups is 1. The number of rotatable bonds is 21. The number of aromatic carboxylic acids is 1. The standard InChI is InChI=1S/C27H20N8O19S5.C17H14N4O9S2/c1-29-33-24-20(58(45,46)47)8-12-11(25(24)36)3-5-15(27(12)59(48,49)50)31-32-16-9-19(57(42,43)44)13-7-18(56-54-52-41)23(26(37)21(13)22(16)28)34-30-14-4-2-10(55-53-51-40)6-17(14)35(38)39;1-9-2-7-12(13(8-9)32(28,29)30)18-19-14-15(17(23)24)20-21(16(14)22)10-3-5-11(6-4-10)31(25,26)27/h2-9,36-37,40-41H,28H2,1H3,(H,42,43,44)(H,45,46,47)(H,48,49,50);2-8,20H,1H3,(H,23,24)(H,25,26,27)(H,28,29,30). The quantitative estimate of drug-likeness (QED) is 0.00606. The van der Waals surface area contributed by atoms with Crippen LogP contribution < -0.4 is 11.3 Å². The maximum atomic E-state index is 12.7. The Labute approximate surface area is 514 Å². The molecule has 0 aliphatic carbocycles. The lowest BCUT2D eigenvalue weighted by molar-refractivity contribution is -0.432. The monoisotopic (exact) mass is 1400 g/mol. The number of aryl methyl sites for hydroxylation is 1. The van der Waals surface area contributed by atoms with Gasteiger partial charge in [0.1, 0.15) is 48.0 Å². The first-order valence-electron chi connectivity index (χ1n) is 23.2. The number of nitro benzene ring substituents is 1. The average molecular weight is 1400 g/mol. The second-order valence-electron chi connectivity index (χ2n) is 17.3. The van der Waals surface area contributed by atoms with Crippen LogP contribution in [0.5, 0.6) is 11.5 Å². The number of hydrogen-bond acceptors (Lipinski definition) is 33. The molecule has 0 saturated carbocycles. The number of nitrogens with two attached hydrogens (primary N) is 1. The molecule has 8 aromatic rings. The van der Waals surface area contributed by atoms with E-state index in [4.69, 9.17) is 20.8 Å². The first-order valence-corrected chi connectivity index (χ1v) is 31.9. The van der Waals surface area contributed by atoms with Gasteiger partial charge in [-0.05, 0) is 91.3 Å². The number of phenols is 2. The van der Waals surface area contributed by atoms with E-state index in [1.807, 2.05) is 0 Å². The Morgan fingerprint density at radius 1 is 0.604 bits per heavy atom. The number of carboxylic acid groups (broad SMARTS) is 1. The van der Waals surface area contributed by atoms with Crippen LogP contribution in [0.3, 0.4) is 0 Å². The first kappa shape index (κ1) is 69.2. The zero-order valence-corrected chi connectivity index (χ0v) is 50.1. The van der Waals surface area contributed by atoms with Crippen LogP contribution in [0.4, 0.5) is 51.2 Å². The highest BCUT2D eigenvalue weighted by molar-refractivity contribution is 7.95. The van der Waals surface area contributed by atoms with E-state index in [1.54, 1.807) is 6.92 Å². The molecule has 91 heavy (non-hydrogen) atoms. The third-order valence-corrected chi connectivity index (χ3v) is 17.3. The van der Waals surface area contributed by atoms with E-state index < -0.39 is 181 Å². The molecule has 0 atom stereocenters. The lowest BCUT2D eigenvalue weighted by atomic mass is 10.0. The Morgan fingerprint density at radius 3 is 1.75 bits per heavy atom. The summed E-state index contributed by atoms with van der Waals surface area (Å²) in [7, 11) is -24.1. The van der Waals surface area contributed by atoms with Gasteiger partial charge in [-0.15, -0.1) is 39.4 Å². The summed E-state index contributed by atoms with van der Waals surface area (Å²) >= 11 is 0.452. The number of carboxylic acids is 1. The van der Waals surface area contributed by atoms with Gasteiger partial charge in [0.25, 0.3) is 61.8 Å². The fourth-order valence-corrected chi connectivity index (χ4v) is 12.1. The van der Waals surface area contributed by atoms with Crippen molar-refractivity contribution in [1.29, 1.82) is 0 Å². The van der Waals surface area contributed by atoms with Crippen LogP contribution in [0.1, 0.15) is 16.1 Å². The molecule has 480 valence electrons. The highest BCUT2D eigenvalue weighted by Crippen LogP contribution is 2.51. The molecule has 47 heteroatoms. The summed E-state index contributed by atoms with van der Waals surface area (Å²) in [6, 6.07) is 15.0. The molecule has 1 heterocycles. The smallest absolute Gasteiger partial charge is 0.356 e. The van der Waals surface area contributed by atoms with Crippen LogP contribution in [-0.2, 0) is 69.3 Å². The molecule has 0 bridgehead atoms. The summed E-state index contributed by atoms with van der Waals surface area (Å²) in [6.45, 7) is 1.57. The van der Waals surface area contributed by atoms with Gasteiger partial charge in [0.2, 0.25) is 0 Å². The lowest BCUT2D eigenvalue weighted by Gasteiger charge is -2.15. The highest BCUT2D eigenvalue weighted by atomic mass is 32.2. The third-order valence-electron chi connectivity index (χ3n) is 11.6. The van der Waals surface area contributed by atoms with Crippen LogP contribution in [0.15, 0.2) is 171 Å². The number of anilines is 1. The number of hydrogen-bond donors (Lipinski definition) is 12. The van der Waals surface area contributed by atoms with E-state index in [2.05, 4.69) is 64.8 Å². The largest absolute Gasteiger partial charge is 0.505 e. The summed E-state index contributed by atoms with van der Waals surface area (Å²) < 4.78 is 178. The van der Waals surface area contributed by atoms with Crippen LogP contribution in [-0.4, -0.2) is 118 Å². The van der Waals surface area contributed by atoms with Gasteiger partial charge in [0.15, 0.2) is 28.6 Å². The van der Waals surface area contributed by atoms with Crippen molar-refractivity contribution >= 4 is 153 Å². The predicted octanol–water partition coefficient (Wildman–Crippen LogP) is 9.12. The molecule has 1 aromatic heterocycles. The first-order chi connectivity index (χ1) is 42.4. The SMILES string of the molecule is CN=Nc1c(S(=O)(=O)O)cc2c(S(=O)(=O)O)c(N=Nc3cc(S(=O)(=O)O)c4cc(SOOO)c(N=Nc5ccc(SOOO)cc5[N+](=O)[O-])c(O)c4c3N)ccc2c1O.Cc1ccc(N=Nc2c(C(=O)O)[nH]n(-c3ccc(S(=O)(=O)O)cc3)c2=O)c(S(=O)(=O)O)c1. The Kier molecular flexibility index (Phi) is 20.6. The lowest BCUT2D eigenvalue weighted by Crippen LogP contribution is -2.14. The van der Waals surface area contributed by atoms with Crippen molar-refractivity contribution < 1.29 is 119 Å². The summed E-state index contributed by atoms with van der Waals surface area (Å²) in [5, 5.41) is 96.4. The van der Waals surface area contributed by atoms with Gasteiger partial charge in [-0.25, -0.2) is 20.0 Å². The van der Waals surface area contributed by atoms with Crippen molar-refractivity contribution in [2.24, 2.45) is 40.9 Å². The number of benzene rings is 7. The Bertz CT molecular complexity index is 5100. The molecule has 0 fully saturated rings. The molecular weight excluding hydrogens is 1370 g/mol. The number of nitrogen functional groups attached to an aromatic ring is 1. The molecule has 0 unspecified atom stereocenters. The molecule has 0 aliphatic heterocycles. The number of fused-ring (bicyclic) bond motifs is 2. The third kappa shape index (κ3) is 15.5. The number of carbonyl (C=O) groups is 1. The molecule has 0 saturated heterocycles. The predicted molar refractivity (Wildman–Crippen MR) is 307 cm³/mol. The van der Waals surface area contributed by atoms with Gasteiger partial charge in [-0.3, -0.25) is 42.8 Å². The number of azo groups is 4. The second-order valence-corrected chi connectivity index (χ2v) is 25.7.